The molecule has 0 aliphatic heterocycles. The zero-order valence-electron chi connectivity index (χ0n) is 33.6. The quantitative estimate of drug-likeness (QED) is 0.154. The molecule has 0 atom stereocenters. The van der Waals surface area contributed by atoms with Gasteiger partial charge in [0.1, 0.15) is 0 Å². The molecule has 284 valence electrons. The maximum absolute atomic E-state index is 5.49. The van der Waals surface area contributed by atoms with E-state index in [9.17, 15) is 0 Å². The van der Waals surface area contributed by atoms with Gasteiger partial charge in [-0.1, -0.05) is 185 Å². The first-order valence-electron chi connectivity index (χ1n) is 20.0. The Morgan fingerprint density at radius 1 is 0.322 bits per heavy atom. The smallest absolute Gasteiger partial charge is 0.160 e. The average molecular weight is 762 g/mol. The fourth-order valence-electron chi connectivity index (χ4n) is 7.45. The Bertz CT molecular complexity index is 2900. The molecule has 0 radical (unpaired) electrons. The zero-order valence-corrected chi connectivity index (χ0v) is 33.6. The first-order chi connectivity index (χ1) is 28.8. The van der Waals surface area contributed by atoms with Gasteiger partial charge in [0.2, 0.25) is 0 Å². The van der Waals surface area contributed by atoms with E-state index in [2.05, 4.69) is 143 Å². The summed E-state index contributed by atoms with van der Waals surface area (Å²) < 4.78 is 0. The van der Waals surface area contributed by atoms with E-state index in [1.807, 2.05) is 72.8 Å². The second kappa shape index (κ2) is 15.9. The third-order valence-electron chi connectivity index (χ3n) is 10.6. The molecule has 0 spiro atoms. The van der Waals surface area contributed by atoms with Gasteiger partial charge in [0.05, 0.1) is 34.2 Å². The van der Waals surface area contributed by atoms with Crippen LogP contribution in [0.15, 0.2) is 188 Å². The number of benzene rings is 6. The van der Waals surface area contributed by atoms with Crippen molar-refractivity contribution in [1.82, 2.24) is 24.9 Å². The minimum absolute atomic E-state index is 0.0317. The molecule has 0 unspecified atom stereocenters. The number of hydrogen-bond acceptors (Lipinski definition) is 5. The van der Waals surface area contributed by atoms with Crippen molar-refractivity contribution in [2.45, 2.75) is 33.1 Å². The number of pyridine rings is 1. The van der Waals surface area contributed by atoms with E-state index < -0.39 is 0 Å². The number of nitrogens with zero attached hydrogens (tertiary/aromatic N) is 5. The molecular formula is C54H43N5. The Balaban J connectivity index is 1.20. The van der Waals surface area contributed by atoms with Gasteiger partial charge in [-0.3, -0.25) is 4.98 Å². The van der Waals surface area contributed by atoms with E-state index >= 15 is 0 Å². The number of rotatable bonds is 8. The first kappa shape index (κ1) is 37.2. The molecule has 0 saturated carbocycles. The lowest BCUT2D eigenvalue weighted by molar-refractivity contribution is 0.567. The highest BCUT2D eigenvalue weighted by molar-refractivity contribution is 5.87. The standard InChI is InChI=1S/C54H43N5/c1-36-45(31-32-48(55-36)54(2,3)4)41-27-17-30-44(33-41)53-56-46(37-19-9-5-10-20-37)35-47(57-53)42-28-18-29-43(34-42)52-51(40-25-15-8-16-26-40)58-49(38-21-11-6-12-22-38)50(59-52)39-23-13-7-14-24-39/h5-35H,1-4H3. The van der Waals surface area contributed by atoms with Crippen molar-refractivity contribution in [3.05, 3.63) is 199 Å². The topological polar surface area (TPSA) is 64.5 Å². The molecule has 3 aromatic heterocycles. The van der Waals surface area contributed by atoms with Gasteiger partial charge in [-0.25, -0.2) is 19.9 Å². The summed E-state index contributed by atoms with van der Waals surface area (Å²) in [4.78, 5) is 26.4. The van der Waals surface area contributed by atoms with Crippen LogP contribution in [0.1, 0.15) is 32.2 Å². The number of aromatic nitrogens is 5. The molecule has 0 amide bonds. The SMILES string of the molecule is Cc1nc(C(C)(C)C)ccc1-c1cccc(-c2nc(-c3ccccc3)cc(-c3cccc(-c4nc(-c5ccccc5)c(-c5ccccc5)nc4-c4ccccc4)c3)n2)c1. The lowest BCUT2D eigenvalue weighted by Crippen LogP contribution is -2.14. The third kappa shape index (κ3) is 7.83. The second-order valence-electron chi connectivity index (χ2n) is 15.8. The highest BCUT2D eigenvalue weighted by Gasteiger charge is 2.21. The molecule has 9 aromatic rings. The van der Waals surface area contributed by atoms with Crippen LogP contribution in [0.2, 0.25) is 0 Å². The monoisotopic (exact) mass is 761 g/mol. The van der Waals surface area contributed by atoms with Crippen LogP contribution in [0.25, 0.3) is 90.1 Å². The Kier molecular flexibility index (Phi) is 10.0. The molecule has 0 fully saturated rings. The van der Waals surface area contributed by atoms with Crippen molar-refractivity contribution in [1.29, 1.82) is 0 Å². The summed E-state index contributed by atoms with van der Waals surface area (Å²) in [6.45, 7) is 8.66. The number of aryl methyl sites for hydroxylation is 1. The van der Waals surface area contributed by atoms with Crippen LogP contribution in [0, 0.1) is 6.92 Å². The zero-order chi connectivity index (χ0) is 40.3. The fourth-order valence-corrected chi connectivity index (χ4v) is 7.45. The molecule has 0 N–H and O–H groups in total. The van der Waals surface area contributed by atoms with Gasteiger partial charge >= 0.3 is 0 Å². The molecule has 3 heterocycles. The summed E-state index contributed by atoms with van der Waals surface area (Å²) in [5.74, 6) is 0.647. The molecule has 9 rings (SSSR count). The van der Waals surface area contributed by atoms with Crippen LogP contribution in [0.5, 0.6) is 0 Å². The summed E-state index contributed by atoms with van der Waals surface area (Å²) in [5, 5.41) is 0. The second-order valence-corrected chi connectivity index (χ2v) is 15.8. The van der Waals surface area contributed by atoms with Gasteiger partial charge < -0.3 is 0 Å². The Labute approximate surface area is 346 Å². The van der Waals surface area contributed by atoms with Gasteiger partial charge in [-0.2, -0.15) is 0 Å². The molecule has 0 saturated heterocycles. The van der Waals surface area contributed by atoms with E-state index in [1.54, 1.807) is 0 Å². The third-order valence-corrected chi connectivity index (χ3v) is 10.6. The highest BCUT2D eigenvalue weighted by atomic mass is 14.9. The lowest BCUT2D eigenvalue weighted by atomic mass is 9.90. The maximum atomic E-state index is 5.49. The highest BCUT2D eigenvalue weighted by Crippen LogP contribution is 2.39. The number of hydrogen-bond donors (Lipinski definition) is 0. The van der Waals surface area contributed by atoms with Crippen LogP contribution in [0.3, 0.4) is 0 Å². The summed E-state index contributed by atoms with van der Waals surface area (Å²) in [5.41, 5.74) is 16.0. The van der Waals surface area contributed by atoms with E-state index in [4.69, 9.17) is 24.9 Å². The van der Waals surface area contributed by atoms with Crippen molar-refractivity contribution in [3.8, 4) is 90.1 Å². The van der Waals surface area contributed by atoms with Gasteiger partial charge in [0.15, 0.2) is 5.82 Å². The van der Waals surface area contributed by atoms with E-state index in [1.165, 1.54) is 0 Å². The Morgan fingerprint density at radius 3 is 1.24 bits per heavy atom. The molecule has 5 nitrogen and oxygen atoms in total. The normalized spacial score (nSPS) is 11.4. The molecular weight excluding hydrogens is 719 g/mol. The maximum Gasteiger partial charge on any atom is 0.160 e. The first-order valence-corrected chi connectivity index (χ1v) is 20.0. The largest absolute Gasteiger partial charge is 0.257 e. The molecule has 6 aromatic carbocycles. The van der Waals surface area contributed by atoms with E-state index in [-0.39, 0.29) is 5.41 Å². The van der Waals surface area contributed by atoms with Crippen molar-refractivity contribution in [2.24, 2.45) is 0 Å². The van der Waals surface area contributed by atoms with Gasteiger partial charge in [0, 0.05) is 61.3 Å². The van der Waals surface area contributed by atoms with Crippen LogP contribution in [0.4, 0.5) is 0 Å². The van der Waals surface area contributed by atoms with E-state index in [0.717, 1.165) is 95.6 Å². The van der Waals surface area contributed by atoms with Crippen LogP contribution < -0.4 is 0 Å². The lowest BCUT2D eigenvalue weighted by Gasteiger charge is -2.19. The molecule has 0 aliphatic carbocycles. The fraction of sp³-hybridized carbons (Fsp3) is 0.0926. The van der Waals surface area contributed by atoms with Crippen LogP contribution >= 0.6 is 0 Å². The van der Waals surface area contributed by atoms with Crippen molar-refractivity contribution < 1.29 is 0 Å². The van der Waals surface area contributed by atoms with Crippen LogP contribution in [-0.4, -0.2) is 24.9 Å². The summed E-state index contributed by atoms with van der Waals surface area (Å²) >= 11 is 0. The summed E-state index contributed by atoms with van der Waals surface area (Å²) in [7, 11) is 0. The van der Waals surface area contributed by atoms with Gasteiger partial charge in [0.25, 0.3) is 0 Å². The van der Waals surface area contributed by atoms with Crippen molar-refractivity contribution in [2.75, 3.05) is 0 Å². The molecule has 0 aliphatic rings. The van der Waals surface area contributed by atoms with E-state index in [0.29, 0.717) is 5.82 Å². The Hall–Kier alpha value is -7.37. The summed E-state index contributed by atoms with van der Waals surface area (Å²) in [6.07, 6.45) is 0. The van der Waals surface area contributed by atoms with Gasteiger partial charge in [-0.15, -0.1) is 0 Å². The molecule has 0 bridgehead atoms. The Morgan fingerprint density at radius 2 is 0.729 bits per heavy atom. The van der Waals surface area contributed by atoms with Crippen LogP contribution in [-0.2, 0) is 5.41 Å². The van der Waals surface area contributed by atoms with Gasteiger partial charge in [-0.05, 0) is 36.8 Å². The summed E-state index contributed by atoms with van der Waals surface area (Å²) in [6, 6.07) is 64.6. The average Bonchev–Trinajstić information content (AvgIpc) is 3.29. The molecule has 5 heteroatoms. The minimum atomic E-state index is -0.0317. The minimum Gasteiger partial charge on any atom is -0.257 e. The predicted molar refractivity (Wildman–Crippen MR) is 242 cm³/mol. The molecule has 59 heavy (non-hydrogen) atoms. The predicted octanol–water partition coefficient (Wildman–Crippen LogP) is 13.6. The van der Waals surface area contributed by atoms with Crippen molar-refractivity contribution in [3.63, 3.8) is 0 Å². The van der Waals surface area contributed by atoms with Crippen molar-refractivity contribution >= 4 is 0 Å².